The first-order valence-corrected chi connectivity index (χ1v) is 9.63. The summed E-state index contributed by atoms with van der Waals surface area (Å²) in [6.07, 6.45) is 0.0694. The fraction of sp³-hybridized carbons (Fsp3) is 0.364. The van der Waals surface area contributed by atoms with Gasteiger partial charge in [-0.25, -0.2) is 9.59 Å². The van der Waals surface area contributed by atoms with Crippen molar-refractivity contribution < 1.29 is 19.1 Å². The normalized spacial score (nSPS) is 22.8. The number of hydrogen-bond donors (Lipinski definition) is 2. The molecule has 0 bridgehead atoms. The van der Waals surface area contributed by atoms with E-state index in [0.29, 0.717) is 22.0 Å². The predicted octanol–water partition coefficient (Wildman–Crippen LogP) is 4.18. The highest BCUT2D eigenvalue weighted by Gasteiger charge is 2.55. The van der Waals surface area contributed by atoms with Crippen molar-refractivity contribution >= 4 is 34.9 Å². The SMILES string of the molecule is COC(=O)C1(C)CC(Nc2ccc(C)cc2Cl)(C(=O)OC)c2cc(C)ccc2N1. The molecule has 0 radical (unpaired) electrons. The summed E-state index contributed by atoms with van der Waals surface area (Å²) < 4.78 is 10.2. The molecule has 1 heterocycles. The number of benzene rings is 2. The van der Waals surface area contributed by atoms with E-state index in [1.165, 1.54) is 14.2 Å². The van der Waals surface area contributed by atoms with E-state index in [-0.39, 0.29) is 6.42 Å². The van der Waals surface area contributed by atoms with Crippen LogP contribution in [0.25, 0.3) is 0 Å². The number of fused-ring (bicyclic) bond motifs is 1. The Hall–Kier alpha value is -2.73. The highest BCUT2D eigenvalue weighted by molar-refractivity contribution is 6.33. The maximum atomic E-state index is 13.2. The van der Waals surface area contributed by atoms with E-state index in [0.717, 1.165) is 11.1 Å². The number of ether oxygens (including phenoxy) is 2. The number of halogens is 1. The Morgan fingerprint density at radius 3 is 2.28 bits per heavy atom. The Morgan fingerprint density at radius 1 is 1.03 bits per heavy atom. The molecule has 3 rings (SSSR count). The van der Waals surface area contributed by atoms with Gasteiger partial charge in [-0.2, -0.15) is 0 Å². The van der Waals surface area contributed by atoms with Gasteiger partial charge in [0.15, 0.2) is 5.54 Å². The lowest BCUT2D eigenvalue weighted by atomic mass is 9.73. The number of hydrogen-bond acceptors (Lipinski definition) is 6. The molecular weight excluding hydrogens is 392 g/mol. The minimum absolute atomic E-state index is 0.0694. The van der Waals surface area contributed by atoms with Gasteiger partial charge < -0.3 is 20.1 Å². The summed E-state index contributed by atoms with van der Waals surface area (Å²) in [5, 5.41) is 7.02. The van der Waals surface area contributed by atoms with Crippen LogP contribution in [-0.2, 0) is 24.6 Å². The molecule has 2 unspecified atom stereocenters. The van der Waals surface area contributed by atoms with Crippen molar-refractivity contribution in [1.82, 2.24) is 0 Å². The molecule has 1 aliphatic rings. The number of anilines is 2. The molecule has 0 amide bonds. The highest BCUT2D eigenvalue weighted by Crippen LogP contribution is 2.46. The van der Waals surface area contributed by atoms with Gasteiger partial charge >= 0.3 is 11.9 Å². The second-order valence-corrected chi connectivity index (χ2v) is 8.09. The summed E-state index contributed by atoms with van der Waals surface area (Å²) in [7, 11) is 2.65. The maximum absolute atomic E-state index is 13.2. The molecule has 0 aliphatic carbocycles. The van der Waals surface area contributed by atoms with Crippen molar-refractivity contribution in [2.75, 3.05) is 24.9 Å². The average Bonchev–Trinajstić information content (AvgIpc) is 2.69. The van der Waals surface area contributed by atoms with E-state index in [2.05, 4.69) is 10.6 Å². The molecule has 7 heteroatoms. The number of methoxy groups -OCH3 is 2. The second kappa shape index (κ2) is 7.59. The first-order valence-electron chi connectivity index (χ1n) is 9.26. The Balaban J connectivity index is 2.25. The van der Waals surface area contributed by atoms with E-state index in [1.54, 1.807) is 6.92 Å². The van der Waals surface area contributed by atoms with Crippen LogP contribution in [0.5, 0.6) is 0 Å². The van der Waals surface area contributed by atoms with E-state index in [9.17, 15) is 9.59 Å². The van der Waals surface area contributed by atoms with Crippen molar-refractivity contribution in [1.29, 1.82) is 0 Å². The lowest BCUT2D eigenvalue weighted by molar-refractivity contribution is -0.151. The summed E-state index contributed by atoms with van der Waals surface area (Å²) in [5.74, 6) is -0.994. The minimum atomic E-state index is -1.34. The Labute approximate surface area is 175 Å². The number of aryl methyl sites for hydroxylation is 2. The molecule has 154 valence electrons. The predicted molar refractivity (Wildman–Crippen MR) is 113 cm³/mol. The molecule has 0 aromatic heterocycles. The van der Waals surface area contributed by atoms with Crippen LogP contribution >= 0.6 is 11.6 Å². The zero-order chi connectivity index (χ0) is 21.4. The second-order valence-electron chi connectivity index (χ2n) is 7.68. The summed E-state index contributed by atoms with van der Waals surface area (Å²) in [6, 6.07) is 11.2. The molecular formula is C22H25ClN2O4. The van der Waals surface area contributed by atoms with Gasteiger partial charge in [0.25, 0.3) is 0 Å². The van der Waals surface area contributed by atoms with Gasteiger partial charge in [0, 0.05) is 17.7 Å². The fourth-order valence-corrected chi connectivity index (χ4v) is 4.19. The summed E-state index contributed by atoms with van der Waals surface area (Å²) >= 11 is 6.46. The van der Waals surface area contributed by atoms with Gasteiger partial charge in [0.05, 0.1) is 24.9 Å². The minimum Gasteiger partial charge on any atom is -0.467 e. The Bertz CT molecular complexity index is 977. The van der Waals surface area contributed by atoms with Crippen molar-refractivity contribution in [3.63, 3.8) is 0 Å². The third kappa shape index (κ3) is 3.65. The molecule has 0 saturated carbocycles. The molecule has 29 heavy (non-hydrogen) atoms. The van der Waals surface area contributed by atoms with Crippen LogP contribution in [0.15, 0.2) is 36.4 Å². The van der Waals surface area contributed by atoms with Crippen LogP contribution in [-0.4, -0.2) is 31.7 Å². The van der Waals surface area contributed by atoms with Crippen LogP contribution < -0.4 is 10.6 Å². The van der Waals surface area contributed by atoms with Crippen LogP contribution in [0.3, 0.4) is 0 Å². The molecule has 1 aliphatic heterocycles. The quantitative estimate of drug-likeness (QED) is 0.728. The molecule has 6 nitrogen and oxygen atoms in total. The zero-order valence-corrected chi connectivity index (χ0v) is 17.9. The van der Waals surface area contributed by atoms with Gasteiger partial charge in [-0.1, -0.05) is 35.4 Å². The van der Waals surface area contributed by atoms with E-state index in [1.807, 2.05) is 50.2 Å². The lowest BCUT2D eigenvalue weighted by Gasteiger charge is -2.46. The summed E-state index contributed by atoms with van der Waals surface area (Å²) in [6.45, 7) is 5.58. The van der Waals surface area contributed by atoms with Gasteiger partial charge in [0.2, 0.25) is 0 Å². The smallest absolute Gasteiger partial charge is 0.336 e. The van der Waals surface area contributed by atoms with E-state index >= 15 is 0 Å². The zero-order valence-electron chi connectivity index (χ0n) is 17.2. The van der Waals surface area contributed by atoms with Crippen molar-refractivity contribution in [2.45, 2.75) is 38.3 Å². The van der Waals surface area contributed by atoms with Crippen LogP contribution in [0.4, 0.5) is 11.4 Å². The lowest BCUT2D eigenvalue weighted by Crippen LogP contribution is -2.59. The van der Waals surface area contributed by atoms with Gasteiger partial charge in [0.1, 0.15) is 5.54 Å². The third-order valence-electron chi connectivity index (χ3n) is 5.31. The maximum Gasteiger partial charge on any atom is 0.336 e. The van der Waals surface area contributed by atoms with Crippen LogP contribution in [0.1, 0.15) is 30.0 Å². The van der Waals surface area contributed by atoms with Gasteiger partial charge in [-0.15, -0.1) is 0 Å². The monoisotopic (exact) mass is 416 g/mol. The molecule has 2 aromatic carbocycles. The number of carbonyl (C=O) groups excluding carboxylic acids is 2. The number of rotatable bonds is 4. The number of nitrogens with one attached hydrogen (secondary N) is 2. The molecule has 2 N–H and O–H groups in total. The Kier molecular flexibility index (Phi) is 5.50. The average molecular weight is 417 g/mol. The van der Waals surface area contributed by atoms with Crippen LogP contribution in [0.2, 0.25) is 5.02 Å². The first kappa shape index (κ1) is 21.0. The van der Waals surface area contributed by atoms with E-state index < -0.39 is 23.0 Å². The van der Waals surface area contributed by atoms with Gasteiger partial charge in [-0.3, -0.25) is 0 Å². The molecule has 2 aromatic rings. The topological polar surface area (TPSA) is 76.7 Å². The van der Waals surface area contributed by atoms with E-state index in [4.69, 9.17) is 21.1 Å². The molecule has 0 fully saturated rings. The summed E-state index contributed by atoms with van der Waals surface area (Å²) in [5.41, 5.74) is 1.37. The Morgan fingerprint density at radius 2 is 1.66 bits per heavy atom. The van der Waals surface area contributed by atoms with Gasteiger partial charge in [-0.05, 0) is 44.5 Å². The summed E-state index contributed by atoms with van der Waals surface area (Å²) in [4.78, 5) is 25.9. The number of carbonyl (C=O) groups is 2. The molecule has 0 saturated heterocycles. The largest absolute Gasteiger partial charge is 0.467 e. The third-order valence-corrected chi connectivity index (χ3v) is 5.62. The van der Waals surface area contributed by atoms with Crippen molar-refractivity contribution in [2.24, 2.45) is 0 Å². The standard InChI is InChI=1S/C22H25ClN2O4/c1-13-6-8-17-15(10-13)22(20(27)29-5,12-21(3,24-17)19(26)28-4)25-18-9-7-14(2)11-16(18)23/h6-11,24-25H,12H2,1-5H3. The van der Waals surface area contributed by atoms with Crippen molar-refractivity contribution in [3.05, 3.63) is 58.1 Å². The van der Waals surface area contributed by atoms with Crippen LogP contribution in [0, 0.1) is 13.8 Å². The molecule has 2 atom stereocenters. The van der Waals surface area contributed by atoms with Crippen molar-refractivity contribution in [3.8, 4) is 0 Å². The number of esters is 2. The molecule has 0 spiro atoms. The first-order chi connectivity index (χ1) is 13.6. The highest BCUT2D eigenvalue weighted by atomic mass is 35.5. The fourth-order valence-electron chi connectivity index (χ4n) is 3.91.